The topological polar surface area (TPSA) is 9.23 Å². The number of benzene rings is 2. The highest BCUT2D eigenvalue weighted by atomic mass is 79.9. The summed E-state index contributed by atoms with van der Waals surface area (Å²) in [6.45, 7) is 0. The molecule has 2 aromatic carbocycles. The molecule has 106 valence electrons. The predicted octanol–water partition coefficient (Wildman–Crippen LogP) is 5.25. The minimum absolute atomic E-state index is 0.0315. The minimum Gasteiger partial charge on any atom is -0.497 e. The molecule has 2 aromatic rings. The summed E-state index contributed by atoms with van der Waals surface area (Å²) in [5.41, 5.74) is 0.141. The highest BCUT2D eigenvalue weighted by Gasteiger charge is 2.20. The van der Waals surface area contributed by atoms with Gasteiger partial charge in [-0.2, -0.15) is 0 Å². The van der Waals surface area contributed by atoms with Crippen molar-refractivity contribution < 1.29 is 17.9 Å². The Kier molecular flexibility index (Phi) is 4.60. The molecule has 0 N–H and O–H groups in total. The first kappa shape index (κ1) is 15.2. The fraction of sp³-hybridized carbons (Fsp3) is 0.143. The molecule has 0 bridgehead atoms. The van der Waals surface area contributed by atoms with E-state index in [0.29, 0.717) is 5.75 Å². The Labute approximate surface area is 127 Å². The fourth-order valence-electron chi connectivity index (χ4n) is 1.74. The number of hydrogen-bond acceptors (Lipinski definition) is 1. The summed E-state index contributed by atoms with van der Waals surface area (Å²) in [5.74, 6) is -1.72. The Bertz CT molecular complexity index is 649. The van der Waals surface area contributed by atoms with E-state index >= 15 is 0 Å². The summed E-state index contributed by atoms with van der Waals surface area (Å²) in [6.07, 6.45) is 0. The lowest BCUT2D eigenvalue weighted by Crippen LogP contribution is -2.01. The van der Waals surface area contributed by atoms with Crippen LogP contribution in [0.15, 0.2) is 30.3 Å². The first-order chi connectivity index (χ1) is 9.43. The maximum atomic E-state index is 13.9. The molecule has 0 spiro atoms. The number of hydrogen-bond donors (Lipinski definition) is 0. The molecule has 0 saturated carbocycles. The van der Waals surface area contributed by atoms with E-state index in [0.717, 1.165) is 12.1 Å². The van der Waals surface area contributed by atoms with E-state index in [-0.39, 0.29) is 16.1 Å². The van der Waals surface area contributed by atoms with Crippen molar-refractivity contribution in [1.29, 1.82) is 0 Å². The molecule has 0 saturated heterocycles. The van der Waals surface area contributed by atoms with Crippen LogP contribution in [0.25, 0.3) is 0 Å². The lowest BCUT2D eigenvalue weighted by molar-refractivity contribution is 0.411. The fourth-order valence-corrected chi connectivity index (χ4v) is 2.61. The largest absolute Gasteiger partial charge is 0.497 e. The average molecular weight is 366 g/mol. The van der Waals surface area contributed by atoms with Gasteiger partial charge in [0, 0.05) is 17.2 Å². The molecule has 1 nitrogen and oxygen atoms in total. The zero-order chi connectivity index (χ0) is 14.9. The molecule has 1 unspecified atom stereocenters. The number of methoxy groups -OCH3 is 1. The van der Waals surface area contributed by atoms with Crippen LogP contribution >= 0.6 is 27.5 Å². The van der Waals surface area contributed by atoms with Crippen molar-refractivity contribution in [3.63, 3.8) is 0 Å². The molecule has 6 heteroatoms. The summed E-state index contributed by atoms with van der Waals surface area (Å²) in [6, 6.07) is 5.97. The zero-order valence-corrected chi connectivity index (χ0v) is 12.6. The molecule has 0 aliphatic carbocycles. The summed E-state index contributed by atoms with van der Waals surface area (Å²) >= 11 is 8.66. The lowest BCUT2D eigenvalue weighted by Gasteiger charge is -2.14. The van der Waals surface area contributed by atoms with Gasteiger partial charge in [0.05, 0.1) is 17.0 Å². The monoisotopic (exact) mass is 364 g/mol. The van der Waals surface area contributed by atoms with Crippen LogP contribution in [0.2, 0.25) is 5.02 Å². The smallest absolute Gasteiger partial charge is 0.142 e. The summed E-state index contributed by atoms with van der Waals surface area (Å²) in [7, 11) is 1.41. The van der Waals surface area contributed by atoms with Crippen molar-refractivity contribution in [3.05, 3.63) is 63.9 Å². The van der Waals surface area contributed by atoms with Crippen LogP contribution in [0.3, 0.4) is 0 Å². The number of halogens is 5. The van der Waals surface area contributed by atoms with Crippen molar-refractivity contribution >= 4 is 27.5 Å². The van der Waals surface area contributed by atoms with Crippen LogP contribution in [0, 0.1) is 17.5 Å². The van der Waals surface area contributed by atoms with Crippen LogP contribution < -0.4 is 4.74 Å². The second kappa shape index (κ2) is 6.06. The van der Waals surface area contributed by atoms with Gasteiger partial charge < -0.3 is 4.74 Å². The Hall–Kier alpha value is -1.20. The Morgan fingerprint density at radius 1 is 1.00 bits per heavy atom. The third-order valence-electron chi connectivity index (χ3n) is 2.79. The van der Waals surface area contributed by atoms with Gasteiger partial charge in [-0.1, -0.05) is 33.6 Å². The van der Waals surface area contributed by atoms with Crippen molar-refractivity contribution in [1.82, 2.24) is 0 Å². The van der Waals surface area contributed by atoms with E-state index in [1.54, 1.807) is 0 Å². The van der Waals surface area contributed by atoms with Crippen LogP contribution in [0.4, 0.5) is 13.2 Å². The van der Waals surface area contributed by atoms with Crippen molar-refractivity contribution in [3.8, 4) is 5.75 Å². The van der Waals surface area contributed by atoms with E-state index in [2.05, 4.69) is 15.9 Å². The van der Waals surface area contributed by atoms with Crippen LogP contribution in [0.5, 0.6) is 5.75 Å². The van der Waals surface area contributed by atoms with Gasteiger partial charge in [-0.3, -0.25) is 0 Å². The van der Waals surface area contributed by atoms with E-state index in [4.69, 9.17) is 16.3 Å². The summed E-state index contributed by atoms with van der Waals surface area (Å²) in [4.78, 5) is -0.833. The minimum atomic E-state index is -0.833. The predicted molar refractivity (Wildman–Crippen MR) is 75.1 cm³/mol. The molecular weight excluding hydrogens is 357 g/mol. The third kappa shape index (κ3) is 2.94. The Morgan fingerprint density at radius 3 is 2.25 bits per heavy atom. The molecule has 20 heavy (non-hydrogen) atoms. The molecule has 0 amide bonds. The molecule has 0 aliphatic heterocycles. The van der Waals surface area contributed by atoms with Crippen molar-refractivity contribution in [2.24, 2.45) is 0 Å². The number of rotatable bonds is 3. The van der Waals surface area contributed by atoms with Gasteiger partial charge in [0.15, 0.2) is 0 Å². The molecule has 2 rings (SSSR count). The lowest BCUT2D eigenvalue weighted by atomic mass is 10.0. The SMILES string of the molecule is COc1ccc(C(Br)c2cc(F)c(Cl)cc2F)c(F)c1. The Balaban J connectivity index is 2.46. The van der Waals surface area contributed by atoms with E-state index in [1.165, 1.54) is 25.3 Å². The molecule has 0 fully saturated rings. The van der Waals surface area contributed by atoms with Crippen LogP contribution in [-0.2, 0) is 0 Å². The van der Waals surface area contributed by atoms with Gasteiger partial charge in [-0.05, 0) is 18.2 Å². The molecule has 0 heterocycles. The standard InChI is InChI=1S/C14H9BrClF3O/c1-20-7-2-3-8(11(17)4-7)14(15)9-5-13(19)10(16)6-12(9)18/h2-6,14H,1H3. The van der Waals surface area contributed by atoms with Crippen LogP contribution in [-0.4, -0.2) is 7.11 Å². The van der Waals surface area contributed by atoms with E-state index < -0.39 is 22.3 Å². The van der Waals surface area contributed by atoms with E-state index in [1.807, 2.05) is 0 Å². The van der Waals surface area contributed by atoms with Crippen LogP contribution in [0.1, 0.15) is 16.0 Å². The zero-order valence-electron chi connectivity index (χ0n) is 10.3. The molecule has 1 atom stereocenters. The Morgan fingerprint density at radius 2 is 1.65 bits per heavy atom. The van der Waals surface area contributed by atoms with Gasteiger partial charge in [-0.25, -0.2) is 13.2 Å². The van der Waals surface area contributed by atoms with Gasteiger partial charge in [0.1, 0.15) is 23.2 Å². The number of alkyl halides is 1. The van der Waals surface area contributed by atoms with Gasteiger partial charge in [0.25, 0.3) is 0 Å². The van der Waals surface area contributed by atoms with Gasteiger partial charge in [0.2, 0.25) is 0 Å². The normalized spacial score (nSPS) is 12.3. The maximum absolute atomic E-state index is 13.9. The average Bonchev–Trinajstić information content (AvgIpc) is 2.42. The summed E-state index contributed by atoms with van der Waals surface area (Å²) in [5, 5.41) is -0.318. The molecule has 0 radical (unpaired) electrons. The molecule has 0 aromatic heterocycles. The number of ether oxygens (including phenoxy) is 1. The van der Waals surface area contributed by atoms with Gasteiger partial charge >= 0.3 is 0 Å². The quantitative estimate of drug-likeness (QED) is 0.533. The third-order valence-corrected chi connectivity index (χ3v) is 4.07. The highest BCUT2D eigenvalue weighted by molar-refractivity contribution is 9.09. The second-order valence-corrected chi connectivity index (χ2v) is 5.36. The van der Waals surface area contributed by atoms with Crippen molar-refractivity contribution in [2.75, 3.05) is 7.11 Å². The second-order valence-electron chi connectivity index (χ2n) is 4.04. The van der Waals surface area contributed by atoms with Crippen molar-refractivity contribution in [2.45, 2.75) is 4.83 Å². The first-order valence-electron chi connectivity index (χ1n) is 5.56. The van der Waals surface area contributed by atoms with E-state index in [9.17, 15) is 13.2 Å². The first-order valence-corrected chi connectivity index (χ1v) is 6.85. The van der Waals surface area contributed by atoms with Gasteiger partial charge in [-0.15, -0.1) is 0 Å². The molecular formula is C14H9BrClF3O. The molecule has 0 aliphatic rings. The summed E-state index contributed by atoms with van der Waals surface area (Å²) < 4.78 is 46.1. The highest BCUT2D eigenvalue weighted by Crippen LogP contribution is 2.36. The maximum Gasteiger partial charge on any atom is 0.142 e.